The van der Waals surface area contributed by atoms with Crippen LogP contribution >= 0.6 is 0 Å². The Hall–Kier alpha value is -1.57. The smallest absolute Gasteiger partial charge is 0.265 e. The lowest BCUT2D eigenvalue weighted by Crippen LogP contribution is -2.57. The fourth-order valence-corrected chi connectivity index (χ4v) is 6.75. The van der Waals surface area contributed by atoms with Gasteiger partial charge in [0, 0.05) is 19.0 Å². The molecule has 10 nitrogen and oxygen atoms in total. The molecule has 3 rings (SSSR count). The third kappa shape index (κ3) is 4.94. The molecule has 12 heteroatoms. The van der Waals surface area contributed by atoms with Crippen molar-refractivity contribution in [3.8, 4) is 5.75 Å². The first-order chi connectivity index (χ1) is 14.7. The van der Waals surface area contributed by atoms with E-state index in [1.807, 2.05) is 11.9 Å². The Labute approximate surface area is 185 Å². The van der Waals surface area contributed by atoms with Crippen LogP contribution in [-0.4, -0.2) is 84.1 Å². The van der Waals surface area contributed by atoms with Crippen molar-refractivity contribution in [1.82, 2.24) is 14.7 Å². The Morgan fingerprint density at radius 1 is 1.26 bits per heavy atom. The standard InChI is InChI=1S/C19H29N3O7S2/c1-3-29-30(25)22-12-15(13-22)14-28-16-4-6-17(7-5-16)31(26,27)19(18(23)20-24)8-10-21(2)11-9-19/h4-7,15,24H,3,8-14H2,1-2H3,(H,20,23). The van der Waals surface area contributed by atoms with E-state index in [4.69, 9.17) is 8.92 Å². The van der Waals surface area contributed by atoms with Crippen LogP contribution in [0.2, 0.25) is 0 Å². The third-order valence-electron chi connectivity index (χ3n) is 5.80. The van der Waals surface area contributed by atoms with E-state index in [1.54, 1.807) is 28.8 Å². The number of hydroxylamine groups is 1. The van der Waals surface area contributed by atoms with E-state index in [9.17, 15) is 22.6 Å². The van der Waals surface area contributed by atoms with E-state index in [0.717, 1.165) is 0 Å². The van der Waals surface area contributed by atoms with Gasteiger partial charge in [-0.3, -0.25) is 14.2 Å². The minimum absolute atomic E-state index is 0.00920. The molecule has 1 amide bonds. The minimum Gasteiger partial charge on any atom is -0.493 e. The summed E-state index contributed by atoms with van der Waals surface area (Å²) in [5.74, 6) is -0.184. The molecule has 0 aromatic heterocycles. The molecule has 1 unspecified atom stereocenters. The normalized spacial score (nSPS) is 21.3. The zero-order valence-corrected chi connectivity index (χ0v) is 19.3. The van der Waals surface area contributed by atoms with Gasteiger partial charge in [-0.15, -0.1) is 0 Å². The van der Waals surface area contributed by atoms with Gasteiger partial charge in [-0.05, 0) is 64.2 Å². The average molecular weight is 476 g/mol. The number of piperidine rings is 1. The van der Waals surface area contributed by atoms with Crippen molar-refractivity contribution >= 4 is 27.0 Å². The summed E-state index contributed by atoms with van der Waals surface area (Å²) < 4.78 is 49.1. The van der Waals surface area contributed by atoms with Crippen LogP contribution < -0.4 is 10.2 Å². The Kier molecular flexibility index (Phi) is 7.71. The Morgan fingerprint density at radius 3 is 2.42 bits per heavy atom. The van der Waals surface area contributed by atoms with E-state index in [-0.39, 0.29) is 23.7 Å². The minimum atomic E-state index is -4.03. The van der Waals surface area contributed by atoms with Gasteiger partial charge in [0.25, 0.3) is 5.91 Å². The Bertz CT molecular complexity index is 894. The number of hydrogen-bond acceptors (Lipinski definition) is 8. The van der Waals surface area contributed by atoms with Gasteiger partial charge in [0.1, 0.15) is 5.75 Å². The van der Waals surface area contributed by atoms with Crippen LogP contribution in [0.3, 0.4) is 0 Å². The molecule has 2 aliphatic heterocycles. The van der Waals surface area contributed by atoms with Gasteiger partial charge < -0.3 is 9.64 Å². The highest BCUT2D eigenvalue weighted by Crippen LogP contribution is 2.36. The molecule has 0 bridgehead atoms. The van der Waals surface area contributed by atoms with Crippen molar-refractivity contribution in [2.45, 2.75) is 29.4 Å². The van der Waals surface area contributed by atoms with Gasteiger partial charge in [-0.1, -0.05) is 0 Å². The molecule has 2 aliphatic rings. The molecule has 31 heavy (non-hydrogen) atoms. The predicted octanol–water partition coefficient (Wildman–Crippen LogP) is 0.356. The lowest BCUT2D eigenvalue weighted by atomic mass is 9.95. The fourth-order valence-electron chi connectivity index (χ4n) is 3.78. The molecule has 0 aliphatic carbocycles. The summed E-state index contributed by atoms with van der Waals surface area (Å²) in [7, 11) is -2.17. The molecule has 2 saturated heterocycles. The monoisotopic (exact) mass is 475 g/mol. The molecular weight excluding hydrogens is 446 g/mol. The molecular formula is C19H29N3O7S2. The molecule has 2 heterocycles. The number of hydrogen-bond donors (Lipinski definition) is 2. The number of ether oxygens (including phenoxy) is 1. The lowest BCUT2D eigenvalue weighted by Gasteiger charge is -2.38. The van der Waals surface area contributed by atoms with Crippen molar-refractivity contribution in [3.63, 3.8) is 0 Å². The third-order valence-corrected chi connectivity index (χ3v) is 9.47. The predicted molar refractivity (Wildman–Crippen MR) is 113 cm³/mol. The summed E-state index contributed by atoms with van der Waals surface area (Å²) in [6.07, 6.45) is 0.190. The molecule has 1 aromatic carbocycles. The number of nitrogens with zero attached hydrogens (tertiary/aromatic N) is 2. The van der Waals surface area contributed by atoms with E-state index < -0.39 is 31.8 Å². The van der Waals surface area contributed by atoms with E-state index in [1.165, 1.54) is 12.1 Å². The van der Waals surface area contributed by atoms with Crippen LogP contribution in [0.4, 0.5) is 0 Å². The number of carbonyl (C=O) groups excluding carboxylic acids is 1. The van der Waals surface area contributed by atoms with Gasteiger partial charge in [-0.25, -0.2) is 22.4 Å². The van der Waals surface area contributed by atoms with Crippen LogP contribution in [-0.2, 0) is 30.1 Å². The second kappa shape index (κ2) is 9.92. The van der Waals surface area contributed by atoms with E-state index in [2.05, 4.69) is 0 Å². The number of benzene rings is 1. The molecule has 1 atom stereocenters. The summed E-state index contributed by atoms with van der Waals surface area (Å²) in [5, 5.41) is 9.18. The van der Waals surface area contributed by atoms with Gasteiger partial charge in [0.15, 0.2) is 14.6 Å². The number of rotatable bonds is 9. The average Bonchev–Trinajstić information content (AvgIpc) is 2.73. The molecule has 0 spiro atoms. The second-order valence-electron chi connectivity index (χ2n) is 7.86. The lowest BCUT2D eigenvalue weighted by molar-refractivity contribution is -0.133. The number of carbonyl (C=O) groups is 1. The molecule has 2 N–H and O–H groups in total. The van der Waals surface area contributed by atoms with Crippen LogP contribution in [0.5, 0.6) is 5.75 Å². The zero-order chi connectivity index (χ0) is 22.6. The first kappa shape index (κ1) is 24.1. The van der Waals surface area contributed by atoms with E-state index in [0.29, 0.717) is 45.1 Å². The highest BCUT2D eigenvalue weighted by atomic mass is 32.2. The maximum atomic E-state index is 13.3. The largest absolute Gasteiger partial charge is 0.493 e. The van der Waals surface area contributed by atoms with Crippen molar-refractivity contribution in [1.29, 1.82) is 0 Å². The van der Waals surface area contributed by atoms with Crippen molar-refractivity contribution < 1.29 is 31.5 Å². The maximum Gasteiger partial charge on any atom is 0.265 e. The fraction of sp³-hybridized carbons (Fsp3) is 0.632. The summed E-state index contributed by atoms with van der Waals surface area (Å²) >= 11 is -1.42. The van der Waals surface area contributed by atoms with Crippen LogP contribution in [0.1, 0.15) is 19.8 Å². The quantitative estimate of drug-likeness (QED) is 0.387. The molecule has 1 aromatic rings. The number of sulfone groups is 1. The van der Waals surface area contributed by atoms with Crippen molar-refractivity contribution in [2.24, 2.45) is 5.92 Å². The van der Waals surface area contributed by atoms with Crippen molar-refractivity contribution in [2.75, 3.05) is 46.4 Å². The summed E-state index contributed by atoms with van der Waals surface area (Å²) in [5.41, 5.74) is 1.55. The molecule has 2 fully saturated rings. The zero-order valence-electron chi connectivity index (χ0n) is 17.7. The van der Waals surface area contributed by atoms with Gasteiger partial charge >= 0.3 is 0 Å². The van der Waals surface area contributed by atoms with Crippen LogP contribution in [0.15, 0.2) is 29.2 Å². The van der Waals surface area contributed by atoms with Crippen LogP contribution in [0.25, 0.3) is 0 Å². The summed E-state index contributed by atoms with van der Waals surface area (Å²) in [6, 6.07) is 5.96. The highest BCUT2D eigenvalue weighted by Gasteiger charge is 2.52. The van der Waals surface area contributed by atoms with Gasteiger partial charge in [-0.2, -0.15) is 0 Å². The molecule has 0 saturated carbocycles. The Balaban J connectivity index is 1.63. The van der Waals surface area contributed by atoms with E-state index >= 15 is 0 Å². The van der Waals surface area contributed by atoms with Gasteiger partial charge in [0.05, 0.1) is 18.1 Å². The highest BCUT2D eigenvalue weighted by molar-refractivity contribution is 7.93. The number of likely N-dealkylation sites (tertiary alicyclic amines) is 1. The Morgan fingerprint density at radius 2 is 1.87 bits per heavy atom. The second-order valence-corrected chi connectivity index (χ2v) is 11.3. The first-order valence-corrected chi connectivity index (χ1v) is 12.7. The summed E-state index contributed by atoms with van der Waals surface area (Å²) in [6.45, 7) is 4.65. The number of nitrogens with one attached hydrogen (secondary N) is 1. The molecule has 0 radical (unpaired) electrons. The SMILES string of the molecule is CCOS(=O)N1CC(COc2ccc(S(=O)(=O)C3(C(=O)NO)CCN(C)CC3)cc2)C1. The van der Waals surface area contributed by atoms with Gasteiger partial charge in [0.2, 0.25) is 11.3 Å². The topological polar surface area (TPSA) is 125 Å². The summed E-state index contributed by atoms with van der Waals surface area (Å²) in [4.78, 5) is 14.4. The van der Waals surface area contributed by atoms with Crippen LogP contribution in [0, 0.1) is 5.92 Å². The van der Waals surface area contributed by atoms with Crippen molar-refractivity contribution in [3.05, 3.63) is 24.3 Å². The maximum absolute atomic E-state index is 13.3. The first-order valence-electron chi connectivity index (χ1n) is 10.1. The number of amides is 1. The molecule has 174 valence electrons.